The Morgan fingerprint density at radius 1 is 1.27 bits per heavy atom. The topological polar surface area (TPSA) is 50.4 Å². The molecule has 4 nitrogen and oxygen atoms in total. The van der Waals surface area contributed by atoms with Crippen molar-refractivity contribution in [3.05, 3.63) is 29.8 Å². The zero-order valence-electron chi connectivity index (χ0n) is 13.9. The molecule has 2 N–H and O–H groups in total. The fourth-order valence-corrected chi connectivity index (χ4v) is 2.55. The lowest BCUT2D eigenvalue weighted by molar-refractivity contribution is -0.116. The summed E-state index contributed by atoms with van der Waals surface area (Å²) in [5, 5.41) is 6.23. The van der Waals surface area contributed by atoms with Gasteiger partial charge >= 0.3 is 0 Å². The fraction of sp³-hybridized carbons (Fsp3) is 0.611. The van der Waals surface area contributed by atoms with Crippen molar-refractivity contribution < 1.29 is 9.53 Å². The summed E-state index contributed by atoms with van der Waals surface area (Å²) in [6.07, 6.45) is 3.08. The predicted octanol–water partition coefficient (Wildman–Crippen LogP) is 3.08. The molecule has 0 saturated carbocycles. The first-order valence-electron chi connectivity index (χ1n) is 8.18. The number of benzene rings is 1. The van der Waals surface area contributed by atoms with Crippen molar-refractivity contribution >= 4 is 11.6 Å². The fourth-order valence-electron chi connectivity index (χ4n) is 2.55. The van der Waals surface area contributed by atoms with Crippen LogP contribution in [-0.4, -0.2) is 31.7 Å². The van der Waals surface area contributed by atoms with Gasteiger partial charge in [-0.15, -0.1) is 0 Å². The van der Waals surface area contributed by atoms with Crippen LogP contribution in [0, 0.1) is 0 Å². The molecule has 0 spiro atoms. The summed E-state index contributed by atoms with van der Waals surface area (Å²) >= 11 is 0. The standard InChI is InChI=1S/C18H28N2O2/c1-18(2,3)14-6-8-15(9-7-14)20-17(21)10-11-19-13-16-5-4-12-22-16/h6-9,16,19H,4-5,10-13H2,1-3H3,(H,20,21). The van der Waals surface area contributed by atoms with Crippen LogP contribution in [0.2, 0.25) is 0 Å². The Labute approximate surface area is 133 Å². The monoisotopic (exact) mass is 304 g/mol. The summed E-state index contributed by atoms with van der Waals surface area (Å²) in [4.78, 5) is 11.9. The van der Waals surface area contributed by atoms with E-state index >= 15 is 0 Å². The summed E-state index contributed by atoms with van der Waals surface area (Å²) < 4.78 is 5.53. The third-order valence-corrected chi connectivity index (χ3v) is 3.96. The van der Waals surface area contributed by atoms with Crippen molar-refractivity contribution in [1.29, 1.82) is 0 Å². The predicted molar refractivity (Wildman–Crippen MR) is 90.2 cm³/mol. The van der Waals surface area contributed by atoms with Gasteiger partial charge in [0.25, 0.3) is 0 Å². The molecule has 4 heteroatoms. The van der Waals surface area contributed by atoms with Gasteiger partial charge < -0.3 is 15.4 Å². The van der Waals surface area contributed by atoms with Gasteiger partial charge in [0.2, 0.25) is 5.91 Å². The SMILES string of the molecule is CC(C)(C)c1ccc(NC(=O)CCNCC2CCCO2)cc1. The number of nitrogens with one attached hydrogen (secondary N) is 2. The highest BCUT2D eigenvalue weighted by Gasteiger charge is 2.15. The maximum atomic E-state index is 11.9. The summed E-state index contributed by atoms with van der Waals surface area (Å²) in [6.45, 7) is 8.94. The largest absolute Gasteiger partial charge is 0.377 e. The molecular formula is C18H28N2O2. The maximum absolute atomic E-state index is 11.9. The first-order chi connectivity index (χ1) is 10.4. The van der Waals surface area contributed by atoms with Crippen LogP contribution < -0.4 is 10.6 Å². The average molecular weight is 304 g/mol. The van der Waals surface area contributed by atoms with Crippen LogP contribution >= 0.6 is 0 Å². The number of amides is 1. The van der Waals surface area contributed by atoms with E-state index in [-0.39, 0.29) is 11.3 Å². The van der Waals surface area contributed by atoms with E-state index in [1.54, 1.807) is 0 Å². The van der Waals surface area contributed by atoms with E-state index < -0.39 is 0 Å². The number of carbonyl (C=O) groups excluding carboxylic acids is 1. The van der Waals surface area contributed by atoms with Gasteiger partial charge in [0.1, 0.15) is 0 Å². The molecule has 1 fully saturated rings. The van der Waals surface area contributed by atoms with Crippen LogP contribution in [0.4, 0.5) is 5.69 Å². The molecule has 1 unspecified atom stereocenters. The van der Waals surface area contributed by atoms with Crippen LogP contribution in [0.15, 0.2) is 24.3 Å². The van der Waals surface area contributed by atoms with E-state index in [1.807, 2.05) is 12.1 Å². The molecule has 1 saturated heterocycles. The summed E-state index contributed by atoms with van der Waals surface area (Å²) in [5.41, 5.74) is 2.26. The normalized spacial score (nSPS) is 18.4. The smallest absolute Gasteiger partial charge is 0.225 e. The number of hydrogen-bond acceptors (Lipinski definition) is 3. The van der Waals surface area contributed by atoms with E-state index in [9.17, 15) is 4.79 Å². The van der Waals surface area contributed by atoms with Gasteiger partial charge in [0.05, 0.1) is 6.10 Å². The van der Waals surface area contributed by atoms with Crippen LogP contribution in [0.1, 0.15) is 45.6 Å². The number of anilines is 1. The third-order valence-electron chi connectivity index (χ3n) is 3.96. The Kier molecular flexibility index (Phi) is 5.98. The third kappa shape index (κ3) is 5.43. The van der Waals surface area contributed by atoms with Crippen LogP contribution in [-0.2, 0) is 14.9 Å². The molecule has 0 aromatic heterocycles. The molecule has 1 heterocycles. The lowest BCUT2D eigenvalue weighted by atomic mass is 9.87. The number of rotatable bonds is 6. The lowest BCUT2D eigenvalue weighted by Gasteiger charge is -2.19. The molecule has 0 radical (unpaired) electrons. The summed E-state index contributed by atoms with van der Waals surface area (Å²) in [5.74, 6) is 0.0448. The Morgan fingerprint density at radius 3 is 2.59 bits per heavy atom. The van der Waals surface area contributed by atoms with Crippen molar-refractivity contribution in [2.45, 2.75) is 51.6 Å². The van der Waals surface area contributed by atoms with Gasteiger partial charge in [0, 0.05) is 31.8 Å². The quantitative estimate of drug-likeness (QED) is 0.794. The second kappa shape index (κ2) is 7.75. The molecule has 0 bridgehead atoms. The Morgan fingerprint density at radius 2 is 2.00 bits per heavy atom. The van der Waals surface area contributed by atoms with Crippen molar-refractivity contribution in [2.75, 3.05) is 25.0 Å². The zero-order valence-corrected chi connectivity index (χ0v) is 13.9. The second-order valence-electron chi connectivity index (χ2n) is 6.96. The highest BCUT2D eigenvalue weighted by atomic mass is 16.5. The van der Waals surface area contributed by atoms with Crippen LogP contribution in [0.5, 0.6) is 0 Å². The van der Waals surface area contributed by atoms with E-state index in [1.165, 1.54) is 5.56 Å². The summed E-state index contributed by atoms with van der Waals surface area (Å²) in [7, 11) is 0. The van der Waals surface area contributed by atoms with Crippen LogP contribution in [0.3, 0.4) is 0 Å². The van der Waals surface area contributed by atoms with Crippen molar-refractivity contribution in [2.24, 2.45) is 0 Å². The van der Waals surface area contributed by atoms with Crippen molar-refractivity contribution in [1.82, 2.24) is 5.32 Å². The highest BCUT2D eigenvalue weighted by molar-refractivity contribution is 5.90. The van der Waals surface area contributed by atoms with Gasteiger partial charge in [-0.05, 0) is 36.0 Å². The minimum absolute atomic E-state index is 0.0448. The summed E-state index contributed by atoms with van der Waals surface area (Å²) in [6, 6.07) is 8.09. The molecule has 1 aromatic rings. The Balaban J connectivity index is 1.68. The maximum Gasteiger partial charge on any atom is 0.225 e. The van der Waals surface area contributed by atoms with E-state index in [2.05, 4.69) is 43.5 Å². The zero-order chi connectivity index (χ0) is 16.0. The number of hydrogen-bond donors (Lipinski definition) is 2. The molecule has 2 rings (SSSR count). The van der Waals surface area contributed by atoms with Crippen LogP contribution in [0.25, 0.3) is 0 Å². The first kappa shape index (κ1) is 17.0. The molecule has 22 heavy (non-hydrogen) atoms. The van der Waals surface area contributed by atoms with Gasteiger partial charge in [-0.1, -0.05) is 32.9 Å². The van der Waals surface area contributed by atoms with E-state index in [0.717, 1.165) is 31.7 Å². The molecule has 1 aliphatic rings. The highest BCUT2D eigenvalue weighted by Crippen LogP contribution is 2.23. The molecule has 1 aromatic carbocycles. The van der Waals surface area contributed by atoms with Gasteiger partial charge in [0.15, 0.2) is 0 Å². The molecule has 1 amide bonds. The minimum Gasteiger partial charge on any atom is -0.377 e. The minimum atomic E-state index is 0.0448. The second-order valence-corrected chi connectivity index (χ2v) is 6.96. The molecule has 0 aliphatic carbocycles. The van der Waals surface area contributed by atoms with Gasteiger partial charge in [-0.25, -0.2) is 0 Å². The van der Waals surface area contributed by atoms with E-state index in [0.29, 0.717) is 19.1 Å². The van der Waals surface area contributed by atoms with Crippen molar-refractivity contribution in [3.63, 3.8) is 0 Å². The molecular weight excluding hydrogens is 276 g/mol. The Hall–Kier alpha value is -1.39. The van der Waals surface area contributed by atoms with E-state index in [4.69, 9.17) is 4.74 Å². The molecule has 122 valence electrons. The van der Waals surface area contributed by atoms with Crippen molar-refractivity contribution in [3.8, 4) is 0 Å². The Bertz CT molecular complexity index is 471. The first-order valence-corrected chi connectivity index (χ1v) is 8.18. The van der Waals surface area contributed by atoms with Gasteiger partial charge in [-0.3, -0.25) is 4.79 Å². The average Bonchev–Trinajstić information content (AvgIpc) is 2.96. The molecule has 1 atom stereocenters. The number of carbonyl (C=O) groups is 1. The number of ether oxygens (including phenoxy) is 1. The van der Waals surface area contributed by atoms with Gasteiger partial charge in [-0.2, -0.15) is 0 Å². The molecule has 1 aliphatic heterocycles. The lowest BCUT2D eigenvalue weighted by Crippen LogP contribution is -2.29.